The quantitative estimate of drug-likeness (QED) is 0.100. The zero-order chi connectivity index (χ0) is 48.6. The zero-order valence-corrected chi connectivity index (χ0v) is 39.7. The van der Waals surface area contributed by atoms with Crippen molar-refractivity contribution in [3.63, 3.8) is 0 Å². The minimum Gasteiger partial charge on any atom is -0.443 e. The highest BCUT2D eigenvalue weighted by molar-refractivity contribution is 6.31. The van der Waals surface area contributed by atoms with Gasteiger partial charge in [-0.25, -0.2) is 23.3 Å². The monoisotopic (exact) mass is 946 g/mol. The number of halogens is 4. The third-order valence-corrected chi connectivity index (χ3v) is 11.7. The SMILES string of the molecule is C=CCC1(CO)C[C@@H](Cc2ccc(-c3cc(Cl)ccc3F)cc2)NC1=O.C=CCC1(COC(=O)OC(C)(C)C)C[C@@H](Cc2ccc(-c3cc(Cl)ccc3F)cc2)N(C(=O)OC(C)(C)C)C1=O. The van der Waals surface area contributed by atoms with Crippen LogP contribution in [0.1, 0.15) is 78.4 Å². The average molecular weight is 948 g/mol. The Morgan fingerprint density at radius 2 is 1.24 bits per heavy atom. The van der Waals surface area contributed by atoms with Crippen molar-refractivity contribution in [2.45, 2.75) is 103 Å². The van der Waals surface area contributed by atoms with Crippen LogP contribution in [-0.4, -0.2) is 70.6 Å². The molecule has 0 aromatic heterocycles. The number of carbonyl (C=O) groups excluding carboxylic acids is 4. The van der Waals surface area contributed by atoms with E-state index in [4.69, 9.17) is 37.4 Å². The van der Waals surface area contributed by atoms with E-state index in [0.29, 0.717) is 52.4 Å². The lowest BCUT2D eigenvalue weighted by Gasteiger charge is -2.28. The van der Waals surface area contributed by atoms with Crippen LogP contribution in [-0.2, 0) is 36.6 Å². The van der Waals surface area contributed by atoms with Gasteiger partial charge in [-0.15, -0.1) is 13.2 Å². The van der Waals surface area contributed by atoms with Gasteiger partial charge in [0.2, 0.25) is 11.8 Å². The van der Waals surface area contributed by atoms with Gasteiger partial charge in [0.05, 0.1) is 17.4 Å². The second kappa shape index (κ2) is 21.4. The molecule has 0 aliphatic carbocycles. The summed E-state index contributed by atoms with van der Waals surface area (Å²) in [7, 11) is 0. The van der Waals surface area contributed by atoms with Gasteiger partial charge < -0.3 is 24.6 Å². The first-order valence-corrected chi connectivity index (χ1v) is 22.4. The van der Waals surface area contributed by atoms with Crippen molar-refractivity contribution in [1.82, 2.24) is 10.2 Å². The number of nitrogens with zero attached hydrogens (tertiary/aromatic N) is 1. The second-order valence-electron chi connectivity index (χ2n) is 18.9. The number of carbonyl (C=O) groups is 4. The predicted molar refractivity (Wildman–Crippen MR) is 253 cm³/mol. The Hall–Kier alpha value is -5.56. The molecule has 352 valence electrons. The third kappa shape index (κ3) is 13.1. The fraction of sp³-hybridized carbons (Fsp3) is 0.385. The largest absolute Gasteiger partial charge is 0.508 e. The number of hydrogen-bond donors (Lipinski definition) is 2. The van der Waals surface area contributed by atoms with Crippen LogP contribution >= 0.6 is 23.2 Å². The average Bonchev–Trinajstić information content (AvgIpc) is 3.69. The molecule has 0 bridgehead atoms. The maximum atomic E-state index is 14.4. The molecule has 2 unspecified atom stereocenters. The van der Waals surface area contributed by atoms with Crippen molar-refractivity contribution in [1.29, 1.82) is 0 Å². The van der Waals surface area contributed by atoms with Crippen LogP contribution in [0, 0.1) is 22.5 Å². The molecule has 4 aromatic rings. The van der Waals surface area contributed by atoms with Crippen molar-refractivity contribution in [2.24, 2.45) is 10.8 Å². The van der Waals surface area contributed by atoms with E-state index in [-0.39, 0.29) is 43.8 Å². The van der Waals surface area contributed by atoms with Gasteiger partial charge in [-0.3, -0.25) is 9.59 Å². The van der Waals surface area contributed by atoms with Crippen molar-refractivity contribution in [3.8, 4) is 22.3 Å². The Morgan fingerprint density at radius 3 is 1.71 bits per heavy atom. The molecule has 4 aromatic carbocycles. The standard InChI is InChI=1S/C31H37ClFNO6.C21H21ClFNO2/c1-8-15-31(19-38-28(37)40-30(5,6)7)18-23(34(26(31)35)27(36)39-29(2,3)4)16-20-9-11-21(12-10-20)24-17-22(32)13-14-25(24)33;1-2-9-21(13-25)12-17(24-20(21)26)10-14-3-5-15(6-4-14)18-11-16(22)7-8-19(18)23/h8-14,17,23H,1,15-16,18-19H2,2-7H3;2-8,11,17,25H,1,9-10,12-13H2,(H,24,26)/t23-,31?;17-,21?/m11/s1. The molecule has 6 rings (SSSR count). The number of ether oxygens (including phenoxy) is 3. The minimum absolute atomic E-state index is 0.0386. The number of allylic oxidation sites excluding steroid dienone is 2. The minimum atomic E-state index is -1.22. The molecule has 2 aliphatic rings. The van der Waals surface area contributed by atoms with Gasteiger partial charge >= 0.3 is 12.2 Å². The van der Waals surface area contributed by atoms with Gasteiger partial charge in [-0.2, -0.15) is 0 Å². The molecule has 2 saturated heterocycles. The Bertz CT molecular complexity index is 2410. The Labute approximate surface area is 395 Å². The summed E-state index contributed by atoms with van der Waals surface area (Å²) in [6.07, 6.45) is 3.95. The van der Waals surface area contributed by atoms with E-state index in [1.165, 1.54) is 24.3 Å². The van der Waals surface area contributed by atoms with Crippen LogP contribution in [0.3, 0.4) is 0 Å². The van der Waals surface area contributed by atoms with Gasteiger partial charge in [-0.05, 0) is 139 Å². The Balaban J connectivity index is 0.000000270. The molecule has 10 nitrogen and oxygen atoms in total. The number of hydrogen-bond acceptors (Lipinski definition) is 8. The summed E-state index contributed by atoms with van der Waals surface area (Å²) >= 11 is 12.0. The van der Waals surface area contributed by atoms with Gasteiger partial charge in [0.15, 0.2) is 0 Å². The van der Waals surface area contributed by atoms with Gasteiger partial charge in [0.1, 0.15) is 29.4 Å². The number of amides is 3. The van der Waals surface area contributed by atoms with Crippen LogP contribution in [0.2, 0.25) is 10.0 Å². The van der Waals surface area contributed by atoms with E-state index in [1.54, 1.807) is 78.0 Å². The van der Waals surface area contributed by atoms with Crippen LogP contribution < -0.4 is 5.32 Å². The fourth-order valence-corrected chi connectivity index (χ4v) is 8.57. The number of aliphatic hydroxyl groups excluding tert-OH is 1. The summed E-state index contributed by atoms with van der Waals surface area (Å²) in [6, 6.07) is 22.9. The topological polar surface area (TPSA) is 131 Å². The van der Waals surface area contributed by atoms with E-state index in [1.807, 2.05) is 36.4 Å². The highest BCUT2D eigenvalue weighted by atomic mass is 35.5. The summed E-state index contributed by atoms with van der Waals surface area (Å²) in [6.45, 7) is 17.3. The zero-order valence-electron chi connectivity index (χ0n) is 38.2. The fourth-order valence-electron chi connectivity index (χ4n) is 8.23. The maximum absolute atomic E-state index is 14.4. The van der Waals surface area contributed by atoms with E-state index in [2.05, 4.69) is 18.5 Å². The summed E-state index contributed by atoms with van der Waals surface area (Å²) < 4.78 is 44.6. The van der Waals surface area contributed by atoms with Crippen molar-refractivity contribution in [2.75, 3.05) is 13.2 Å². The first-order chi connectivity index (χ1) is 31.0. The molecule has 0 spiro atoms. The number of likely N-dealkylation sites (tertiary alicyclic amines) is 1. The molecule has 2 heterocycles. The lowest BCUT2D eigenvalue weighted by Crippen LogP contribution is -2.45. The van der Waals surface area contributed by atoms with Gasteiger partial charge in [0.25, 0.3) is 0 Å². The van der Waals surface area contributed by atoms with E-state index >= 15 is 0 Å². The smallest absolute Gasteiger partial charge is 0.443 e. The second-order valence-corrected chi connectivity index (χ2v) is 19.8. The number of imide groups is 1. The first-order valence-electron chi connectivity index (χ1n) is 21.7. The molecule has 14 heteroatoms. The maximum Gasteiger partial charge on any atom is 0.508 e. The van der Waals surface area contributed by atoms with Crippen LogP contribution in [0.25, 0.3) is 22.3 Å². The summed E-state index contributed by atoms with van der Waals surface area (Å²) in [5.74, 6) is -1.34. The summed E-state index contributed by atoms with van der Waals surface area (Å²) in [4.78, 5) is 52.8. The molecular weight excluding hydrogens is 889 g/mol. The van der Waals surface area contributed by atoms with E-state index in [0.717, 1.165) is 21.6 Å². The Morgan fingerprint density at radius 1 is 0.758 bits per heavy atom. The molecule has 2 N–H and O–H groups in total. The van der Waals surface area contributed by atoms with Crippen molar-refractivity contribution >= 4 is 47.3 Å². The highest BCUT2D eigenvalue weighted by Crippen LogP contribution is 2.43. The predicted octanol–water partition coefficient (Wildman–Crippen LogP) is 11.9. The summed E-state index contributed by atoms with van der Waals surface area (Å²) in [5, 5.41) is 13.5. The molecule has 4 atom stereocenters. The molecule has 2 aliphatic heterocycles. The molecular formula is C52H58Cl2F2N2O8. The Kier molecular flexibility index (Phi) is 16.7. The molecule has 0 radical (unpaired) electrons. The van der Waals surface area contributed by atoms with Crippen LogP contribution in [0.4, 0.5) is 18.4 Å². The van der Waals surface area contributed by atoms with Crippen LogP contribution in [0.15, 0.2) is 110 Å². The molecule has 66 heavy (non-hydrogen) atoms. The number of aliphatic hydroxyl groups is 1. The van der Waals surface area contributed by atoms with Crippen LogP contribution in [0.5, 0.6) is 0 Å². The molecule has 2 fully saturated rings. The number of benzene rings is 4. The van der Waals surface area contributed by atoms with Crippen molar-refractivity contribution < 1.29 is 47.3 Å². The van der Waals surface area contributed by atoms with E-state index in [9.17, 15) is 33.1 Å². The number of rotatable bonds is 13. The first kappa shape index (κ1) is 51.4. The van der Waals surface area contributed by atoms with Crippen molar-refractivity contribution in [3.05, 3.63) is 143 Å². The molecule has 0 saturated carbocycles. The normalized spacial score (nSPS) is 20.5. The lowest BCUT2D eigenvalue weighted by atomic mass is 9.81. The third-order valence-electron chi connectivity index (χ3n) is 11.3. The van der Waals surface area contributed by atoms with Gasteiger partial charge in [0, 0.05) is 33.3 Å². The lowest BCUT2D eigenvalue weighted by molar-refractivity contribution is -0.138. The molecule has 3 amide bonds. The highest BCUT2D eigenvalue weighted by Gasteiger charge is 2.55. The van der Waals surface area contributed by atoms with E-state index < -0.39 is 52.0 Å². The van der Waals surface area contributed by atoms with Gasteiger partial charge in [-0.1, -0.05) is 83.9 Å². The number of nitrogens with one attached hydrogen (secondary N) is 1. The summed E-state index contributed by atoms with van der Waals surface area (Å²) in [5.41, 5.74) is 0.490.